The first kappa shape index (κ1) is 42.8. The number of hydrogen-bond donors (Lipinski definition) is 3. The second-order valence-electron chi connectivity index (χ2n) is 18.5. The predicted molar refractivity (Wildman–Crippen MR) is 232 cm³/mol. The molecule has 3 aliphatic heterocycles. The molecule has 3 saturated heterocycles. The Morgan fingerprint density at radius 2 is 1.81 bits per heavy atom. The van der Waals surface area contributed by atoms with E-state index in [4.69, 9.17) is 13.9 Å². The summed E-state index contributed by atoms with van der Waals surface area (Å²) in [5.41, 5.74) is 3.72. The summed E-state index contributed by atoms with van der Waals surface area (Å²) in [6, 6.07) is 18.6. The molecule has 2 aromatic heterocycles. The number of esters is 2. The Morgan fingerprint density at radius 1 is 1.03 bits per heavy atom. The Kier molecular flexibility index (Phi) is 13.1. The molecule has 2 aromatic carbocycles. The lowest BCUT2D eigenvalue weighted by Gasteiger charge is -2.45. The van der Waals surface area contributed by atoms with E-state index in [-0.39, 0.29) is 41.1 Å². The van der Waals surface area contributed by atoms with E-state index >= 15 is 0 Å². The number of H-pyrrole nitrogens is 1. The summed E-state index contributed by atoms with van der Waals surface area (Å²) in [4.78, 5) is 48.8. The number of aryl methyl sites for hydroxylation is 1. The highest BCUT2D eigenvalue weighted by atomic mass is 28.4. The van der Waals surface area contributed by atoms with Crippen LogP contribution in [0.1, 0.15) is 111 Å². The van der Waals surface area contributed by atoms with Crippen molar-refractivity contribution in [1.29, 1.82) is 0 Å². The smallest absolute Gasteiger partial charge is 0.339 e. The number of carbonyl (C=O) groups is 2. The molecule has 4 aliphatic rings. The molecule has 4 aromatic rings. The van der Waals surface area contributed by atoms with Crippen LogP contribution in [0.25, 0.3) is 10.9 Å². The third-order valence-corrected chi connectivity index (χ3v) is 18.0. The Bertz CT molecular complexity index is 2150. The number of ether oxygens (including phenoxy) is 2. The van der Waals surface area contributed by atoms with Gasteiger partial charge in [0.15, 0.2) is 8.32 Å². The van der Waals surface area contributed by atoms with Crippen LogP contribution in [-0.2, 0) is 37.1 Å². The summed E-state index contributed by atoms with van der Waals surface area (Å²) >= 11 is 0. The van der Waals surface area contributed by atoms with Crippen molar-refractivity contribution in [2.75, 3.05) is 32.8 Å². The Hall–Kier alpha value is -4.36. The van der Waals surface area contributed by atoms with Gasteiger partial charge in [0.1, 0.15) is 11.9 Å². The van der Waals surface area contributed by atoms with Gasteiger partial charge in [0, 0.05) is 37.3 Å². The van der Waals surface area contributed by atoms with Gasteiger partial charge in [0.25, 0.3) is 0 Å². The maximum absolute atomic E-state index is 14.0. The molecular formula is C47H62N4O7Si. The van der Waals surface area contributed by atoms with E-state index in [0.717, 1.165) is 98.8 Å². The van der Waals surface area contributed by atoms with Gasteiger partial charge in [-0.2, -0.15) is 0 Å². The zero-order valence-corrected chi connectivity index (χ0v) is 36.5. The fourth-order valence-electron chi connectivity index (χ4n) is 8.88. The fourth-order valence-corrected chi connectivity index (χ4v) is 10.2. The molecular weight excluding hydrogens is 761 g/mol. The van der Waals surface area contributed by atoms with Gasteiger partial charge in [-0.15, -0.1) is 0 Å². The molecule has 4 fully saturated rings. The molecule has 12 heteroatoms. The highest BCUT2D eigenvalue weighted by Crippen LogP contribution is 2.43. The van der Waals surface area contributed by atoms with E-state index in [2.05, 4.69) is 78.3 Å². The predicted octanol–water partition coefficient (Wildman–Crippen LogP) is 8.11. The largest absolute Gasteiger partial charge is 0.506 e. The minimum absolute atomic E-state index is 0.00416. The van der Waals surface area contributed by atoms with Crippen LogP contribution in [0.2, 0.25) is 18.1 Å². The fraction of sp³-hybridized carbons (Fsp3) is 0.532. The average Bonchev–Trinajstić information content (AvgIpc) is 3.23. The number of hydrogen-bond acceptors (Lipinski definition) is 10. The maximum atomic E-state index is 14.0. The van der Waals surface area contributed by atoms with E-state index in [9.17, 15) is 19.5 Å². The van der Waals surface area contributed by atoms with Gasteiger partial charge in [-0.05, 0) is 117 Å². The number of phenols is 1. The SMILES string of the molecule is CC(C)(C)[Si](C)(C)O[C@@H](CNCc1ccc(C(=O)OCCCc2cccc(C3(C(=O)O[C@H]4CN5CCC4CC5)CCCCC3)c2)cn1)c1ccc(O)c2[nH]c(=O)ccc12. The molecule has 59 heavy (non-hydrogen) atoms. The van der Waals surface area contributed by atoms with Crippen LogP contribution >= 0.6 is 0 Å². The molecule has 2 atom stereocenters. The quantitative estimate of drug-likeness (QED) is 0.0612. The van der Waals surface area contributed by atoms with Gasteiger partial charge >= 0.3 is 11.9 Å². The molecule has 11 nitrogen and oxygen atoms in total. The molecule has 3 N–H and O–H groups in total. The number of piperidine rings is 3. The van der Waals surface area contributed by atoms with Crippen molar-refractivity contribution in [2.45, 2.75) is 121 Å². The van der Waals surface area contributed by atoms with Crippen molar-refractivity contribution in [3.8, 4) is 5.75 Å². The van der Waals surface area contributed by atoms with Gasteiger partial charge < -0.3 is 29.3 Å². The van der Waals surface area contributed by atoms with Gasteiger partial charge in [0.05, 0.1) is 34.9 Å². The highest BCUT2D eigenvalue weighted by Gasteiger charge is 2.46. The molecule has 0 amide bonds. The molecule has 2 bridgehead atoms. The van der Waals surface area contributed by atoms with E-state index in [1.807, 2.05) is 12.1 Å². The van der Waals surface area contributed by atoms with Crippen LogP contribution in [0.4, 0.5) is 0 Å². The zero-order valence-electron chi connectivity index (χ0n) is 35.5. The average molecular weight is 823 g/mol. The third-order valence-electron chi connectivity index (χ3n) is 13.5. The molecule has 5 heterocycles. The standard InChI is InChI=1S/C47H62N4O7Si/c1-46(2,3)59(4,5)58-40(37-16-18-39(52)43-38(37)17-19-42(53)50-43)30-48-29-36-15-14-34(28-49-36)44(54)56-26-10-12-32-11-9-13-35(27-32)47(22-7-6-8-23-47)45(55)57-41-31-51-24-20-33(41)21-25-51/h9,11,13-19,27-28,33,40-41,48,52H,6-8,10,12,20-26,29-31H2,1-5H3,(H,50,53)/t40-,41-/m0/s1. The summed E-state index contributed by atoms with van der Waals surface area (Å²) in [5.74, 6) is 0.0364. The summed E-state index contributed by atoms with van der Waals surface area (Å²) in [6.07, 6.45) is 9.67. The lowest BCUT2D eigenvalue weighted by molar-refractivity contribution is -0.167. The van der Waals surface area contributed by atoms with Crippen molar-refractivity contribution >= 4 is 31.2 Å². The van der Waals surface area contributed by atoms with Gasteiger partial charge in [-0.3, -0.25) is 19.5 Å². The first-order valence-electron chi connectivity index (χ1n) is 21.6. The van der Waals surface area contributed by atoms with Crippen molar-refractivity contribution < 1.29 is 28.6 Å². The number of fused-ring (bicyclic) bond motifs is 4. The number of aromatic hydroxyl groups is 1. The van der Waals surface area contributed by atoms with Crippen LogP contribution in [0.15, 0.2) is 71.7 Å². The number of rotatable bonds is 15. The highest BCUT2D eigenvalue weighted by molar-refractivity contribution is 6.74. The number of nitrogens with zero attached hydrogens (tertiary/aromatic N) is 2. The molecule has 316 valence electrons. The van der Waals surface area contributed by atoms with Gasteiger partial charge in [-0.25, -0.2) is 4.79 Å². The van der Waals surface area contributed by atoms with Crippen molar-refractivity contribution in [3.63, 3.8) is 0 Å². The number of nitrogens with one attached hydrogen (secondary N) is 2. The van der Waals surface area contributed by atoms with E-state index in [1.54, 1.807) is 24.4 Å². The second-order valence-corrected chi connectivity index (χ2v) is 23.2. The van der Waals surface area contributed by atoms with Crippen molar-refractivity contribution in [1.82, 2.24) is 20.2 Å². The van der Waals surface area contributed by atoms with Crippen LogP contribution in [0.3, 0.4) is 0 Å². The summed E-state index contributed by atoms with van der Waals surface area (Å²) in [6.45, 7) is 15.3. The maximum Gasteiger partial charge on any atom is 0.339 e. The number of carbonyl (C=O) groups excluding carboxylic acids is 2. The first-order valence-corrected chi connectivity index (χ1v) is 24.5. The topological polar surface area (TPSA) is 143 Å². The molecule has 8 rings (SSSR count). The Balaban J connectivity index is 0.919. The minimum Gasteiger partial charge on any atom is -0.506 e. The monoisotopic (exact) mass is 822 g/mol. The number of pyridine rings is 2. The van der Waals surface area contributed by atoms with Crippen molar-refractivity contribution in [2.24, 2.45) is 5.92 Å². The number of aromatic nitrogens is 2. The van der Waals surface area contributed by atoms with E-state index < -0.39 is 19.7 Å². The lowest BCUT2D eigenvalue weighted by atomic mass is 9.69. The zero-order chi connectivity index (χ0) is 41.8. The number of benzene rings is 2. The number of phenolic OH excluding ortho intramolecular Hbond substituents is 1. The summed E-state index contributed by atoms with van der Waals surface area (Å²) < 4.78 is 18.9. The van der Waals surface area contributed by atoms with Gasteiger partial charge in [0.2, 0.25) is 5.56 Å². The number of aromatic amines is 1. The Labute approximate surface area is 349 Å². The first-order chi connectivity index (χ1) is 28.2. The normalized spacial score (nSPS) is 20.9. The van der Waals surface area contributed by atoms with Crippen molar-refractivity contribution in [3.05, 3.63) is 105 Å². The molecule has 1 saturated carbocycles. The second kappa shape index (κ2) is 18.1. The molecule has 0 spiro atoms. The minimum atomic E-state index is -2.23. The lowest BCUT2D eigenvalue weighted by Crippen LogP contribution is -2.53. The molecule has 0 radical (unpaired) electrons. The van der Waals surface area contributed by atoms with Gasteiger partial charge in [-0.1, -0.05) is 70.4 Å². The van der Waals surface area contributed by atoms with Crippen LogP contribution < -0.4 is 10.9 Å². The molecule has 1 aliphatic carbocycles. The molecule has 0 unspecified atom stereocenters. The summed E-state index contributed by atoms with van der Waals surface area (Å²) in [5, 5.41) is 14.7. The van der Waals surface area contributed by atoms with E-state index in [1.165, 1.54) is 6.07 Å². The van der Waals surface area contributed by atoms with Crippen LogP contribution in [-0.4, -0.2) is 79.1 Å². The van der Waals surface area contributed by atoms with E-state index in [0.29, 0.717) is 36.5 Å². The third kappa shape index (κ3) is 9.83. The summed E-state index contributed by atoms with van der Waals surface area (Å²) in [7, 11) is -2.23. The van der Waals surface area contributed by atoms with Crippen LogP contribution in [0.5, 0.6) is 5.75 Å². The Morgan fingerprint density at radius 3 is 2.51 bits per heavy atom. The van der Waals surface area contributed by atoms with Crippen LogP contribution in [0, 0.1) is 5.92 Å².